The van der Waals surface area contributed by atoms with E-state index in [4.69, 9.17) is 4.74 Å². The maximum atomic E-state index is 12.2. The fraction of sp³-hybridized carbons (Fsp3) is 0.562. The molecule has 2 atom stereocenters. The minimum Gasteiger partial charge on any atom is -0.445 e. The molecule has 0 spiro atoms. The molecule has 0 heterocycles. The second-order valence-corrected chi connectivity index (χ2v) is 5.40. The van der Waals surface area contributed by atoms with Gasteiger partial charge in [0.1, 0.15) is 6.61 Å². The second kappa shape index (κ2) is 7.29. The van der Waals surface area contributed by atoms with Crippen LogP contribution in [0, 0.1) is 0 Å². The Labute approximate surface area is 121 Å². The smallest absolute Gasteiger partial charge is 0.410 e. The molecule has 20 heavy (non-hydrogen) atoms. The highest BCUT2D eigenvalue weighted by Crippen LogP contribution is 2.22. The first-order valence-electron chi connectivity index (χ1n) is 7.33. The van der Waals surface area contributed by atoms with Crippen LogP contribution in [0.4, 0.5) is 4.79 Å². The molecule has 1 fully saturated rings. The van der Waals surface area contributed by atoms with Gasteiger partial charge in [-0.3, -0.25) is 0 Å². The lowest BCUT2D eigenvalue weighted by Gasteiger charge is -2.37. The summed E-state index contributed by atoms with van der Waals surface area (Å²) in [5.74, 6) is 0. The summed E-state index contributed by atoms with van der Waals surface area (Å²) < 4.78 is 5.40. The molecule has 0 bridgehead atoms. The molecule has 0 aliphatic heterocycles. The molecule has 0 aromatic heterocycles. The summed E-state index contributed by atoms with van der Waals surface area (Å²) >= 11 is 0. The number of rotatable bonds is 4. The zero-order valence-corrected chi connectivity index (χ0v) is 12.3. The quantitative estimate of drug-likeness (QED) is 0.919. The van der Waals surface area contributed by atoms with Crippen molar-refractivity contribution in [1.29, 1.82) is 0 Å². The van der Waals surface area contributed by atoms with Crippen molar-refractivity contribution >= 4 is 6.09 Å². The molecule has 0 saturated heterocycles. The van der Waals surface area contributed by atoms with Gasteiger partial charge in [0, 0.05) is 19.1 Å². The number of benzene rings is 1. The summed E-state index contributed by atoms with van der Waals surface area (Å²) in [6.07, 6.45) is 4.34. The molecule has 1 saturated carbocycles. The first-order valence-corrected chi connectivity index (χ1v) is 7.33. The van der Waals surface area contributed by atoms with Crippen molar-refractivity contribution in [1.82, 2.24) is 10.2 Å². The van der Waals surface area contributed by atoms with Gasteiger partial charge in [0.2, 0.25) is 0 Å². The Morgan fingerprint density at radius 1 is 1.30 bits per heavy atom. The maximum absolute atomic E-state index is 12.2. The topological polar surface area (TPSA) is 41.6 Å². The van der Waals surface area contributed by atoms with E-state index in [0.29, 0.717) is 12.6 Å². The van der Waals surface area contributed by atoms with Gasteiger partial charge in [-0.05, 0) is 25.5 Å². The predicted octanol–water partition coefficient (Wildman–Crippen LogP) is 2.79. The van der Waals surface area contributed by atoms with Crippen LogP contribution in [0.3, 0.4) is 0 Å². The second-order valence-electron chi connectivity index (χ2n) is 5.40. The van der Waals surface area contributed by atoms with E-state index in [0.717, 1.165) is 18.4 Å². The van der Waals surface area contributed by atoms with Crippen LogP contribution in [0.2, 0.25) is 0 Å². The summed E-state index contributed by atoms with van der Waals surface area (Å²) in [4.78, 5) is 13.9. The third-order valence-corrected chi connectivity index (χ3v) is 4.09. The number of carbonyl (C=O) groups excluding carboxylic acids is 1. The summed E-state index contributed by atoms with van der Waals surface area (Å²) in [6.45, 7) is 0.334. The van der Waals surface area contributed by atoms with E-state index < -0.39 is 0 Å². The van der Waals surface area contributed by atoms with Crippen molar-refractivity contribution < 1.29 is 9.53 Å². The van der Waals surface area contributed by atoms with E-state index in [1.54, 1.807) is 4.90 Å². The first-order chi connectivity index (χ1) is 9.72. The Kier molecular flexibility index (Phi) is 5.41. The third-order valence-electron chi connectivity index (χ3n) is 4.09. The average molecular weight is 276 g/mol. The predicted molar refractivity (Wildman–Crippen MR) is 79.5 cm³/mol. The normalized spacial score (nSPS) is 22.3. The number of amides is 1. The molecule has 4 heteroatoms. The highest BCUT2D eigenvalue weighted by molar-refractivity contribution is 5.67. The molecule has 1 aliphatic carbocycles. The lowest BCUT2D eigenvalue weighted by molar-refractivity contribution is 0.0753. The van der Waals surface area contributed by atoms with Crippen LogP contribution >= 0.6 is 0 Å². The van der Waals surface area contributed by atoms with E-state index >= 15 is 0 Å². The number of nitrogens with zero attached hydrogens (tertiary/aromatic N) is 1. The molecular weight excluding hydrogens is 252 g/mol. The largest absolute Gasteiger partial charge is 0.445 e. The standard InChI is InChI=1S/C16H24N2O2/c1-17-14-10-6-7-11-15(14)18(2)16(19)20-12-13-8-4-3-5-9-13/h3-5,8-9,14-15,17H,6-7,10-12H2,1-2H3/t14-,15-/m0/s1. The van der Waals surface area contributed by atoms with E-state index in [-0.39, 0.29) is 12.1 Å². The maximum Gasteiger partial charge on any atom is 0.410 e. The number of ether oxygens (including phenoxy) is 1. The van der Waals surface area contributed by atoms with Crippen LogP contribution in [-0.4, -0.2) is 37.2 Å². The molecule has 1 N–H and O–H groups in total. The number of carbonyl (C=O) groups is 1. The summed E-state index contributed by atoms with van der Waals surface area (Å²) in [7, 11) is 3.81. The fourth-order valence-electron chi connectivity index (χ4n) is 2.87. The highest BCUT2D eigenvalue weighted by atomic mass is 16.6. The lowest BCUT2D eigenvalue weighted by Crippen LogP contribution is -2.51. The zero-order chi connectivity index (χ0) is 14.4. The number of hydrogen-bond acceptors (Lipinski definition) is 3. The molecule has 4 nitrogen and oxygen atoms in total. The van der Waals surface area contributed by atoms with Gasteiger partial charge in [0.05, 0.1) is 0 Å². The van der Waals surface area contributed by atoms with Crippen LogP contribution in [-0.2, 0) is 11.3 Å². The van der Waals surface area contributed by atoms with Gasteiger partial charge in [0.15, 0.2) is 0 Å². The molecule has 2 rings (SSSR count). The van der Waals surface area contributed by atoms with Gasteiger partial charge in [-0.1, -0.05) is 43.2 Å². The summed E-state index contributed by atoms with van der Waals surface area (Å²) in [5, 5.41) is 3.31. The average Bonchev–Trinajstić information content (AvgIpc) is 2.52. The Balaban J connectivity index is 1.87. The number of hydrogen-bond donors (Lipinski definition) is 1. The molecule has 1 aromatic carbocycles. The third kappa shape index (κ3) is 3.73. The van der Waals surface area contributed by atoms with Gasteiger partial charge in [-0.25, -0.2) is 4.79 Å². The van der Waals surface area contributed by atoms with E-state index in [2.05, 4.69) is 5.32 Å². The van der Waals surface area contributed by atoms with Gasteiger partial charge >= 0.3 is 6.09 Å². The molecule has 0 unspecified atom stereocenters. The van der Waals surface area contributed by atoms with Crippen LogP contribution in [0.25, 0.3) is 0 Å². The molecule has 1 aliphatic rings. The van der Waals surface area contributed by atoms with Crippen LogP contribution < -0.4 is 5.32 Å². The van der Waals surface area contributed by atoms with E-state index in [1.807, 2.05) is 44.4 Å². The molecular formula is C16H24N2O2. The Morgan fingerprint density at radius 2 is 2.00 bits per heavy atom. The van der Waals surface area contributed by atoms with Crippen molar-refractivity contribution in [3.05, 3.63) is 35.9 Å². The van der Waals surface area contributed by atoms with Gasteiger partial charge in [0.25, 0.3) is 0 Å². The van der Waals surface area contributed by atoms with Crippen molar-refractivity contribution in [2.45, 2.75) is 44.4 Å². The Bertz CT molecular complexity index is 422. The van der Waals surface area contributed by atoms with Gasteiger partial charge < -0.3 is 15.0 Å². The highest BCUT2D eigenvalue weighted by Gasteiger charge is 2.30. The molecule has 1 amide bonds. The zero-order valence-electron chi connectivity index (χ0n) is 12.3. The van der Waals surface area contributed by atoms with E-state index in [1.165, 1.54) is 12.8 Å². The summed E-state index contributed by atoms with van der Waals surface area (Å²) in [5.41, 5.74) is 1.02. The first kappa shape index (κ1) is 14.9. The Hall–Kier alpha value is -1.55. The monoisotopic (exact) mass is 276 g/mol. The fourth-order valence-corrected chi connectivity index (χ4v) is 2.87. The molecule has 0 radical (unpaired) electrons. The Morgan fingerprint density at radius 3 is 2.70 bits per heavy atom. The number of nitrogens with one attached hydrogen (secondary N) is 1. The minimum absolute atomic E-state index is 0.233. The van der Waals surface area contributed by atoms with Crippen LogP contribution in [0.5, 0.6) is 0 Å². The van der Waals surface area contributed by atoms with Crippen LogP contribution in [0.15, 0.2) is 30.3 Å². The molecule has 1 aromatic rings. The van der Waals surface area contributed by atoms with Gasteiger partial charge in [-0.2, -0.15) is 0 Å². The van der Waals surface area contributed by atoms with Crippen LogP contribution in [0.1, 0.15) is 31.2 Å². The lowest BCUT2D eigenvalue weighted by atomic mass is 9.90. The minimum atomic E-state index is -0.235. The molecule has 110 valence electrons. The van der Waals surface area contributed by atoms with Crippen molar-refractivity contribution in [2.75, 3.05) is 14.1 Å². The van der Waals surface area contributed by atoms with Crippen molar-refractivity contribution in [3.8, 4) is 0 Å². The van der Waals surface area contributed by atoms with Gasteiger partial charge in [-0.15, -0.1) is 0 Å². The number of likely N-dealkylation sites (N-methyl/N-ethyl adjacent to an activating group) is 2. The summed E-state index contributed by atoms with van der Waals surface area (Å²) in [6, 6.07) is 10.4. The SMILES string of the molecule is CN[C@H]1CCCC[C@@H]1N(C)C(=O)OCc1ccccc1. The van der Waals surface area contributed by atoms with Crippen molar-refractivity contribution in [3.63, 3.8) is 0 Å². The van der Waals surface area contributed by atoms with Crippen molar-refractivity contribution in [2.24, 2.45) is 0 Å². The van der Waals surface area contributed by atoms with E-state index in [9.17, 15) is 4.79 Å².